The Morgan fingerprint density at radius 1 is 1.06 bits per heavy atom. The highest BCUT2D eigenvalue weighted by atomic mass is 19.1. The fourth-order valence-electron chi connectivity index (χ4n) is 2.17. The molecule has 0 saturated heterocycles. The van der Waals surface area contributed by atoms with Crippen molar-refractivity contribution in [2.45, 2.75) is 13.5 Å². The highest BCUT2D eigenvalue weighted by Gasteiger charge is 2.06. The van der Waals surface area contributed by atoms with Crippen molar-refractivity contribution >= 4 is 11.0 Å². The van der Waals surface area contributed by atoms with E-state index in [0.29, 0.717) is 6.54 Å². The number of aryl methyl sites for hydroxylation is 1. The van der Waals surface area contributed by atoms with E-state index in [1.807, 2.05) is 37.3 Å². The van der Waals surface area contributed by atoms with Gasteiger partial charge >= 0.3 is 0 Å². The number of imidazole rings is 1. The fraction of sp³-hybridized carbons (Fsp3) is 0.133. The van der Waals surface area contributed by atoms with Crippen LogP contribution in [-0.2, 0) is 6.54 Å². The number of halogens is 1. The first-order valence-electron chi connectivity index (χ1n) is 5.90. The lowest BCUT2D eigenvalue weighted by Crippen LogP contribution is -2.01. The molecule has 0 N–H and O–H groups in total. The number of hydrogen-bond acceptors (Lipinski definition) is 1. The van der Waals surface area contributed by atoms with Gasteiger partial charge in [0.2, 0.25) is 0 Å². The number of hydrogen-bond donors (Lipinski definition) is 0. The van der Waals surface area contributed by atoms with Gasteiger partial charge in [-0.05, 0) is 36.8 Å². The second-order valence-corrected chi connectivity index (χ2v) is 4.36. The van der Waals surface area contributed by atoms with Crippen molar-refractivity contribution in [3.05, 3.63) is 65.7 Å². The van der Waals surface area contributed by atoms with Crippen LogP contribution in [0.2, 0.25) is 0 Å². The molecule has 3 heteroatoms. The van der Waals surface area contributed by atoms with E-state index in [1.54, 1.807) is 0 Å². The molecular weight excluding hydrogens is 227 g/mol. The van der Waals surface area contributed by atoms with E-state index in [4.69, 9.17) is 0 Å². The monoisotopic (exact) mass is 240 g/mol. The molecule has 0 aliphatic carbocycles. The lowest BCUT2D eigenvalue weighted by molar-refractivity contribution is 0.626. The minimum Gasteiger partial charge on any atom is -0.324 e. The van der Waals surface area contributed by atoms with Crippen molar-refractivity contribution in [1.82, 2.24) is 9.55 Å². The first kappa shape index (κ1) is 11.0. The van der Waals surface area contributed by atoms with Gasteiger partial charge in [0.25, 0.3) is 0 Å². The molecule has 0 spiro atoms. The minimum atomic E-state index is -0.203. The predicted octanol–water partition coefficient (Wildman–Crippen LogP) is 3.53. The number of benzene rings is 2. The predicted molar refractivity (Wildman–Crippen MR) is 70.0 cm³/mol. The Morgan fingerprint density at radius 3 is 2.56 bits per heavy atom. The van der Waals surface area contributed by atoms with E-state index >= 15 is 0 Å². The summed E-state index contributed by atoms with van der Waals surface area (Å²) in [4.78, 5) is 4.52. The van der Waals surface area contributed by atoms with Gasteiger partial charge in [0.05, 0.1) is 11.0 Å². The Balaban J connectivity index is 2.04. The van der Waals surface area contributed by atoms with E-state index < -0.39 is 0 Å². The molecule has 0 atom stereocenters. The summed E-state index contributed by atoms with van der Waals surface area (Å²) in [5, 5.41) is 0. The lowest BCUT2D eigenvalue weighted by atomic mass is 10.2. The second-order valence-electron chi connectivity index (χ2n) is 4.36. The Labute approximate surface area is 105 Å². The Bertz CT molecular complexity index is 683. The van der Waals surface area contributed by atoms with Crippen LogP contribution in [0.4, 0.5) is 4.39 Å². The van der Waals surface area contributed by atoms with Crippen LogP contribution >= 0.6 is 0 Å². The van der Waals surface area contributed by atoms with Gasteiger partial charge < -0.3 is 4.57 Å². The van der Waals surface area contributed by atoms with Crippen molar-refractivity contribution in [2.24, 2.45) is 0 Å². The quantitative estimate of drug-likeness (QED) is 0.670. The summed E-state index contributed by atoms with van der Waals surface area (Å²) < 4.78 is 15.0. The SMILES string of the molecule is Cc1nc2ccccc2n1Cc1ccc(F)cc1. The van der Waals surface area contributed by atoms with Crippen LogP contribution in [0, 0.1) is 12.7 Å². The molecule has 0 bridgehead atoms. The zero-order valence-corrected chi connectivity index (χ0v) is 10.1. The van der Waals surface area contributed by atoms with Gasteiger partial charge in [-0.1, -0.05) is 24.3 Å². The van der Waals surface area contributed by atoms with Gasteiger partial charge in [0.15, 0.2) is 0 Å². The van der Waals surface area contributed by atoms with Crippen LogP contribution < -0.4 is 0 Å². The van der Waals surface area contributed by atoms with Gasteiger partial charge in [-0.3, -0.25) is 0 Å². The molecule has 90 valence electrons. The lowest BCUT2D eigenvalue weighted by Gasteiger charge is -2.06. The van der Waals surface area contributed by atoms with Crippen LogP contribution in [0.25, 0.3) is 11.0 Å². The molecule has 1 heterocycles. The van der Waals surface area contributed by atoms with Crippen LogP contribution in [0.15, 0.2) is 48.5 Å². The molecule has 0 aliphatic rings. The van der Waals surface area contributed by atoms with Gasteiger partial charge in [-0.2, -0.15) is 0 Å². The minimum absolute atomic E-state index is 0.203. The fourth-order valence-corrected chi connectivity index (χ4v) is 2.17. The highest BCUT2D eigenvalue weighted by molar-refractivity contribution is 5.75. The zero-order chi connectivity index (χ0) is 12.5. The van der Waals surface area contributed by atoms with Crippen molar-refractivity contribution in [2.75, 3.05) is 0 Å². The Hall–Kier alpha value is -2.16. The van der Waals surface area contributed by atoms with E-state index in [9.17, 15) is 4.39 Å². The molecule has 0 amide bonds. The summed E-state index contributed by atoms with van der Waals surface area (Å²) in [6.45, 7) is 2.70. The topological polar surface area (TPSA) is 17.8 Å². The first-order chi connectivity index (χ1) is 8.74. The van der Waals surface area contributed by atoms with E-state index in [2.05, 4.69) is 15.6 Å². The highest BCUT2D eigenvalue weighted by Crippen LogP contribution is 2.17. The van der Waals surface area contributed by atoms with E-state index in [-0.39, 0.29) is 5.82 Å². The largest absolute Gasteiger partial charge is 0.324 e. The average Bonchev–Trinajstić information content (AvgIpc) is 2.69. The van der Waals surface area contributed by atoms with E-state index in [0.717, 1.165) is 22.4 Å². The first-order valence-corrected chi connectivity index (χ1v) is 5.90. The Morgan fingerprint density at radius 2 is 1.78 bits per heavy atom. The molecule has 3 aromatic rings. The molecule has 3 rings (SSSR count). The van der Waals surface area contributed by atoms with Gasteiger partial charge in [0.1, 0.15) is 11.6 Å². The van der Waals surface area contributed by atoms with Crippen LogP contribution in [0.3, 0.4) is 0 Å². The third-order valence-corrected chi connectivity index (χ3v) is 3.10. The third kappa shape index (κ3) is 1.88. The van der Waals surface area contributed by atoms with Crippen molar-refractivity contribution in [1.29, 1.82) is 0 Å². The second kappa shape index (κ2) is 4.26. The molecule has 0 aliphatic heterocycles. The molecule has 2 nitrogen and oxygen atoms in total. The Kier molecular flexibility index (Phi) is 2.59. The summed E-state index contributed by atoms with van der Waals surface area (Å²) >= 11 is 0. The molecule has 1 aromatic heterocycles. The summed E-state index contributed by atoms with van der Waals surface area (Å²) in [7, 11) is 0. The van der Waals surface area contributed by atoms with Crippen LogP contribution in [0.1, 0.15) is 11.4 Å². The molecule has 0 unspecified atom stereocenters. The third-order valence-electron chi connectivity index (χ3n) is 3.10. The number of nitrogens with zero attached hydrogens (tertiary/aromatic N) is 2. The molecular formula is C15H13FN2. The molecule has 0 saturated carbocycles. The van der Waals surface area contributed by atoms with Crippen LogP contribution in [-0.4, -0.2) is 9.55 Å². The maximum Gasteiger partial charge on any atom is 0.123 e. The number of fused-ring (bicyclic) bond motifs is 1. The standard InChI is InChI=1S/C15H13FN2/c1-11-17-14-4-2-3-5-15(14)18(11)10-12-6-8-13(16)9-7-12/h2-9H,10H2,1H3. The summed E-state index contributed by atoms with van der Waals surface area (Å²) in [6.07, 6.45) is 0. The molecule has 2 aromatic carbocycles. The summed E-state index contributed by atoms with van der Waals surface area (Å²) in [5.41, 5.74) is 3.18. The summed E-state index contributed by atoms with van der Waals surface area (Å²) in [5.74, 6) is 0.770. The van der Waals surface area contributed by atoms with Gasteiger partial charge in [-0.25, -0.2) is 9.37 Å². The average molecular weight is 240 g/mol. The molecule has 0 radical (unpaired) electrons. The van der Waals surface area contributed by atoms with Crippen molar-refractivity contribution < 1.29 is 4.39 Å². The van der Waals surface area contributed by atoms with Crippen molar-refractivity contribution in [3.8, 4) is 0 Å². The van der Waals surface area contributed by atoms with Gasteiger partial charge in [-0.15, -0.1) is 0 Å². The molecule has 18 heavy (non-hydrogen) atoms. The number of aromatic nitrogens is 2. The van der Waals surface area contributed by atoms with E-state index in [1.165, 1.54) is 12.1 Å². The number of rotatable bonds is 2. The zero-order valence-electron chi connectivity index (χ0n) is 10.1. The smallest absolute Gasteiger partial charge is 0.123 e. The summed E-state index contributed by atoms with van der Waals surface area (Å²) in [6, 6.07) is 14.6. The number of para-hydroxylation sites is 2. The maximum absolute atomic E-state index is 12.9. The van der Waals surface area contributed by atoms with Crippen molar-refractivity contribution in [3.63, 3.8) is 0 Å². The molecule has 0 fully saturated rings. The van der Waals surface area contributed by atoms with Crippen LogP contribution in [0.5, 0.6) is 0 Å². The maximum atomic E-state index is 12.9. The van der Waals surface area contributed by atoms with Gasteiger partial charge in [0, 0.05) is 6.54 Å². The normalized spacial score (nSPS) is 11.0.